The molecule has 1 aliphatic carbocycles. The Balaban J connectivity index is 1.92. The maximum atomic E-state index is 5.60. The average Bonchev–Trinajstić information content (AvgIpc) is 3.05. The molecule has 0 radical (unpaired) electrons. The van der Waals surface area contributed by atoms with Crippen LogP contribution in [0.2, 0.25) is 0 Å². The van der Waals surface area contributed by atoms with E-state index in [-0.39, 0.29) is 0 Å². The number of nitrogens with one attached hydrogen (secondary N) is 1. The summed E-state index contributed by atoms with van der Waals surface area (Å²) in [5, 5.41) is 3.88. The van der Waals surface area contributed by atoms with Gasteiger partial charge < -0.3 is 10.1 Å². The van der Waals surface area contributed by atoms with Gasteiger partial charge in [-0.25, -0.2) is 0 Å². The first-order valence-corrected chi connectivity index (χ1v) is 8.73. The maximum absolute atomic E-state index is 5.60. The van der Waals surface area contributed by atoms with Crippen LogP contribution in [-0.4, -0.2) is 25.8 Å². The van der Waals surface area contributed by atoms with Crippen molar-refractivity contribution >= 4 is 0 Å². The molecule has 1 N–H and O–H groups in total. The van der Waals surface area contributed by atoms with E-state index in [2.05, 4.69) is 42.6 Å². The Bertz CT molecular complexity index is 418. The van der Waals surface area contributed by atoms with Gasteiger partial charge in [0.25, 0.3) is 0 Å². The Hall–Kier alpha value is -0.860. The van der Waals surface area contributed by atoms with Crippen LogP contribution in [0.15, 0.2) is 30.3 Å². The molecule has 1 aromatic rings. The fraction of sp³-hybridized carbons (Fsp3) is 0.684. The summed E-state index contributed by atoms with van der Waals surface area (Å²) in [7, 11) is 0. The van der Waals surface area contributed by atoms with Crippen molar-refractivity contribution in [2.45, 2.75) is 56.9 Å². The molecule has 3 rings (SSSR count). The Morgan fingerprint density at radius 3 is 2.43 bits per heavy atom. The molecule has 1 unspecified atom stereocenters. The standard InChI is InChI=1S/C19H29NO/c1-2-20-18(16-10-14-21-15-11-16)19(12-6-7-13-19)17-8-4-3-5-9-17/h3-5,8-9,16,18,20H,2,6-7,10-15H2,1H3. The zero-order valence-electron chi connectivity index (χ0n) is 13.3. The molecule has 1 aromatic carbocycles. The SMILES string of the molecule is CCNC(C1CCOCC1)C1(c2ccccc2)CCCC1. The van der Waals surface area contributed by atoms with Crippen molar-refractivity contribution in [1.29, 1.82) is 0 Å². The molecule has 2 fully saturated rings. The lowest BCUT2D eigenvalue weighted by atomic mass is 9.67. The fourth-order valence-corrected chi connectivity index (χ4v) is 4.64. The van der Waals surface area contributed by atoms with E-state index in [1.165, 1.54) is 38.5 Å². The number of hydrogen-bond donors (Lipinski definition) is 1. The molecule has 1 saturated heterocycles. The summed E-state index contributed by atoms with van der Waals surface area (Å²) in [6.07, 6.45) is 7.86. The molecule has 1 atom stereocenters. The molecule has 0 aromatic heterocycles. The highest BCUT2D eigenvalue weighted by Gasteiger charge is 2.45. The minimum Gasteiger partial charge on any atom is -0.381 e. The van der Waals surface area contributed by atoms with Crippen LogP contribution >= 0.6 is 0 Å². The highest BCUT2D eigenvalue weighted by molar-refractivity contribution is 5.30. The van der Waals surface area contributed by atoms with Crippen molar-refractivity contribution < 1.29 is 4.74 Å². The van der Waals surface area contributed by atoms with Crippen molar-refractivity contribution in [3.05, 3.63) is 35.9 Å². The van der Waals surface area contributed by atoms with Crippen LogP contribution in [-0.2, 0) is 10.2 Å². The van der Waals surface area contributed by atoms with Crippen LogP contribution in [0.1, 0.15) is 51.0 Å². The van der Waals surface area contributed by atoms with E-state index in [0.29, 0.717) is 11.5 Å². The number of hydrogen-bond acceptors (Lipinski definition) is 2. The van der Waals surface area contributed by atoms with E-state index >= 15 is 0 Å². The second kappa shape index (κ2) is 6.93. The largest absolute Gasteiger partial charge is 0.381 e. The summed E-state index contributed by atoms with van der Waals surface area (Å²) in [4.78, 5) is 0. The molecule has 2 aliphatic rings. The van der Waals surface area contributed by atoms with Gasteiger partial charge in [0.1, 0.15) is 0 Å². The zero-order chi connectivity index (χ0) is 14.5. The summed E-state index contributed by atoms with van der Waals surface area (Å²) in [5.74, 6) is 0.761. The molecule has 0 spiro atoms. The molecule has 1 heterocycles. The van der Waals surface area contributed by atoms with Crippen molar-refractivity contribution in [3.8, 4) is 0 Å². The smallest absolute Gasteiger partial charge is 0.0469 e. The van der Waals surface area contributed by atoms with Crippen molar-refractivity contribution in [1.82, 2.24) is 5.32 Å². The highest BCUT2D eigenvalue weighted by atomic mass is 16.5. The van der Waals surface area contributed by atoms with E-state index in [1.54, 1.807) is 5.56 Å². The van der Waals surface area contributed by atoms with Crippen LogP contribution in [0.25, 0.3) is 0 Å². The van der Waals surface area contributed by atoms with Crippen molar-refractivity contribution in [3.63, 3.8) is 0 Å². The second-order valence-electron chi connectivity index (χ2n) is 6.71. The van der Waals surface area contributed by atoms with Gasteiger partial charge in [-0.05, 0) is 43.7 Å². The molecule has 1 aliphatic heterocycles. The van der Waals surface area contributed by atoms with E-state index in [9.17, 15) is 0 Å². The van der Waals surface area contributed by atoms with Gasteiger partial charge in [0.2, 0.25) is 0 Å². The molecule has 2 nitrogen and oxygen atoms in total. The number of benzene rings is 1. The topological polar surface area (TPSA) is 21.3 Å². The first-order chi connectivity index (χ1) is 10.4. The summed E-state index contributed by atoms with van der Waals surface area (Å²) < 4.78 is 5.60. The van der Waals surface area contributed by atoms with Gasteiger partial charge in [0, 0.05) is 24.7 Å². The van der Waals surface area contributed by atoms with Crippen molar-refractivity contribution in [2.24, 2.45) is 5.92 Å². The monoisotopic (exact) mass is 287 g/mol. The third-order valence-corrected chi connectivity index (χ3v) is 5.60. The summed E-state index contributed by atoms with van der Waals surface area (Å²) in [6, 6.07) is 11.9. The number of ether oxygens (including phenoxy) is 1. The highest BCUT2D eigenvalue weighted by Crippen LogP contribution is 2.47. The van der Waals surface area contributed by atoms with E-state index in [1.807, 2.05) is 0 Å². The summed E-state index contributed by atoms with van der Waals surface area (Å²) >= 11 is 0. The van der Waals surface area contributed by atoms with Crippen LogP contribution in [0, 0.1) is 5.92 Å². The van der Waals surface area contributed by atoms with Crippen LogP contribution in [0.5, 0.6) is 0 Å². The molecule has 2 heteroatoms. The van der Waals surface area contributed by atoms with Gasteiger partial charge in [-0.3, -0.25) is 0 Å². The fourth-order valence-electron chi connectivity index (χ4n) is 4.64. The molecule has 1 saturated carbocycles. The Morgan fingerprint density at radius 2 is 1.81 bits per heavy atom. The quantitative estimate of drug-likeness (QED) is 0.886. The predicted octanol–water partition coefficient (Wildman–Crippen LogP) is 3.90. The van der Waals surface area contributed by atoms with Gasteiger partial charge in [-0.2, -0.15) is 0 Å². The molecular formula is C19H29NO. The third kappa shape index (κ3) is 3.02. The molecule has 21 heavy (non-hydrogen) atoms. The van der Waals surface area contributed by atoms with Gasteiger partial charge in [-0.1, -0.05) is 50.1 Å². The molecule has 0 amide bonds. The van der Waals surface area contributed by atoms with Gasteiger partial charge >= 0.3 is 0 Å². The molecular weight excluding hydrogens is 258 g/mol. The second-order valence-corrected chi connectivity index (χ2v) is 6.71. The van der Waals surface area contributed by atoms with Crippen LogP contribution in [0.4, 0.5) is 0 Å². The van der Waals surface area contributed by atoms with Crippen LogP contribution < -0.4 is 5.32 Å². The van der Waals surface area contributed by atoms with Crippen LogP contribution in [0.3, 0.4) is 0 Å². The first kappa shape index (κ1) is 15.1. The predicted molar refractivity (Wildman–Crippen MR) is 87.6 cm³/mol. The van der Waals surface area contributed by atoms with Crippen molar-refractivity contribution in [2.75, 3.05) is 19.8 Å². The normalized spacial score (nSPS) is 24.0. The lowest BCUT2D eigenvalue weighted by Gasteiger charge is -2.44. The lowest BCUT2D eigenvalue weighted by Crippen LogP contribution is -2.52. The lowest BCUT2D eigenvalue weighted by molar-refractivity contribution is 0.0398. The third-order valence-electron chi connectivity index (χ3n) is 5.60. The summed E-state index contributed by atoms with van der Waals surface area (Å²) in [5.41, 5.74) is 1.90. The Labute approximate surface area is 129 Å². The van der Waals surface area contributed by atoms with E-state index < -0.39 is 0 Å². The minimum absolute atomic E-state index is 0.347. The molecule has 0 bridgehead atoms. The van der Waals surface area contributed by atoms with E-state index in [0.717, 1.165) is 25.7 Å². The molecule has 116 valence electrons. The van der Waals surface area contributed by atoms with Gasteiger partial charge in [-0.15, -0.1) is 0 Å². The Kier molecular flexibility index (Phi) is 4.97. The number of likely N-dealkylation sites (N-methyl/N-ethyl adjacent to an activating group) is 1. The zero-order valence-corrected chi connectivity index (χ0v) is 13.3. The maximum Gasteiger partial charge on any atom is 0.0469 e. The van der Waals surface area contributed by atoms with Gasteiger partial charge in [0.05, 0.1) is 0 Å². The Morgan fingerprint density at radius 1 is 1.14 bits per heavy atom. The average molecular weight is 287 g/mol. The number of rotatable bonds is 5. The van der Waals surface area contributed by atoms with Gasteiger partial charge in [0.15, 0.2) is 0 Å². The minimum atomic E-state index is 0.347. The first-order valence-electron chi connectivity index (χ1n) is 8.73. The van der Waals surface area contributed by atoms with E-state index in [4.69, 9.17) is 4.74 Å². The summed E-state index contributed by atoms with van der Waals surface area (Å²) in [6.45, 7) is 5.20.